The van der Waals surface area contributed by atoms with Gasteiger partial charge in [0.05, 0.1) is 0 Å². The molecule has 0 spiro atoms. The van der Waals surface area contributed by atoms with Gasteiger partial charge in [-0.2, -0.15) is 0 Å². The summed E-state index contributed by atoms with van der Waals surface area (Å²) in [5.74, 6) is 0.197. The highest BCUT2D eigenvalue weighted by Gasteiger charge is 2.21. The maximum Gasteiger partial charge on any atom is 0.227 e. The minimum absolute atomic E-state index is 0.197. The van der Waals surface area contributed by atoms with E-state index in [9.17, 15) is 4.79 Å². The van der Waals surface area contributed by atoms with Crippen molar-refractivity contribution in [3.05, 3.63) is 41.9 Å². The number of carbonyl (C=O) groups is 1. The molecule has 1 aromatic carbocycles. The molecule has 1 saturated heterocycles. The SMILES string of the molecule is O=C1CCCN1c1ccc(-c2cnc(Cl)nc2)cc1. The first-order valence-electron chi connectivity index (χ1n) is 6.12. The molecule has 0 bridgehead atoms. The van der Waals surface area contributed by atoms with Crippen LogP contribution in [-0.4, -0.2) is 22.4 Å². The van der Waals surface area contributed by atoms with E-state index < -0.39 is 0 Å². The van der Waals surface area contributed by atoms with Crippen LogP contribution < -0.4 is 4.90 Å². The smallest absolute Gasteiger partial charge is 0.227 e. The summed E-state index contributed by atoms with van der Waals surface area (Å²) in [4.78, 5) is 21.4. The Morgan fingerprint density at radius 1 is 1.05 bits per heavy atom. The molecule has 0 radical (unpaired) electrons. The summed E-state index contributed by atoms with van der Waals surface area (Å²) in [5.41, 5.74) is 2.86. The maximum absolute atomic E-state index is 11.7. The molecule has 1 amide bonds. The third-order valence-electron chi connectivity index (χ3n) is 3.21. The zero-order valence-electron chi connectivity index (χ0n) is 10.2. The third kappa shape index (κ3) is 2.44. The lowest BCUT2D eigenvalue weighted by Gasteiger charge is -2.15. The van der Waals surface area contributed by atoms with Gasteiger partial charge in [-0.1, -0.05) is 12.1 Å². The average molecular weight is 274 g/mol. The van der Waals surface area contributed by atoms with Crippen LogP contribution in [0.25, 0.3) is 11.1 Å². The van der Waals surface area contributed by atoms with Crippen LogP contribution in [-0.2, 0) is 4.79 Å². The van der Waals surface area contributed by atoms with E-state index >= 15 is 0 Å². The first-order chi connectivity index (χ1) is 9.24. The van der Waals surface area contributed by atoms with Crippen molar-refractivity contribution in [2.45, 2.75) is 12.8 Å². The molecule has 96 valence electrons. The number of halogens is 1. The number of carbonyl (C=O) groups excluding carboxylic acids is 1. The molecule has 0 saturated carbocycles. The van der Waals surface area contributed by atoms with Crippen molar-refractivity contribution >= 4 is 23.2 Å². The van der Waals surface area contributed by atoms with E-state index in [0.717, 1.165) is 29.8 Å². The number of nitrogens with zero attached hydrogens (tertiary/aromatic N) is 3. The van der Waals surface area contributed by atoms with Crippen LogP contribution in [0.1, 0.15) is 12.8 Å². The molecule has 2 heterocycles. The van der Waals surface area contributed by atoms with Crippen molar-refractivity contribution in [2.24, 2.45) is 0 Å². The van der Waals surface area contributed by atoms with Gasteiger partial charge < -0.3 is 4.90 Å². The van der Waals surface area contributed by atoms with Crippen molar-refractivity contribution in [2.75, 3.05) is 11.4 Å². The normalized spacial score (nSPS) is 15.0. The number of rotatable bonds is 2. The molecule has 1 aliphatic heterocycles. The molecule has 19 heavy (non-hydrogen) atoms. The molecule has 2 aromatic rings. The van der Waals surface area contributed by atoms with Gasteiger partial charge in [0.15, 0.2) is 0 Å². The Morgan fingerprint density at radius 2 is 1.74 bits per heavy atom. The summed E-state index contributed by atoms with van der Waals surface area (Å²) in [7, 11) is 0. The summed E-state index contributed by atoms with van der Waals surface area (Å²) < 4.78 is 0. The lowest BCUT2D eigenvalue weighted by Crippen LogP contribution is -2.23. The standard InChI is InChI=1S/C14H12ClN3O/c15-14-16-8-11(9-17-14)10-3-5-12(6-4-10)18-7-1-2-13(18)19/h3-6,8-9H,1-2,7H2. The number of benzene rings is 1. The largest absolute Gasteiger partial charge is 0.312 e. The van der Waals surface area contributed by atoms with Gasteiger partial charge >= 0.3 is 0 Å². The lowest BCUT2D eigenvalue weighted by atomic mass is 10.1. The Balaban J connectivity index is 1.86. The van der Waals surface area contributed by atoms with Crippen LogP contribution >= 0.6 is 11.6 Å². The quantitative estimate of drug-likeness (QED) is 0.791. The Kier molecular flexibility index (Phi) is 3.17. The molecule has 0 aliphatic carbocycles. The maximum atomic E-state index is 11.7. The van der Waals surface area contributed by atoms with Gasteiger partial charge in [0.1, 0.15) is 0 Å². The molecular weight excluding hydrogens is 262 g/mol. The zero-order chi connectivity index (χ0) is 13.2. The second kappa shape index (κ2) is 4.97. The van der Waals surface area contributed by atoms with Crippen LogP contribution in [0.4, 0.5) is 5.69 Å². The monoisotopic (exact) mass is 273 g/mol. The van der Waals surface area contributed by atoms with Gasteiger partial charge in [0.2, 0.25) is 11.2 Å². The van der Waals surface area contributed by atoms with E-state index in [0.29, 0.717) is 6.42 Å². The Morgan fingerprint density at radius 3 is 2.32 bits per heavy atom. The first-order valence-corrected chi connectivity index (χ1v) is 6.50. The van der Waals surface area contributed by atoms with Gasteiger partial charge in [-0.25, -0.2) is 9.97 Å². The van der Waals surface area contributed by atoms with Gasteiger partial charge in [0.25, 0.3) is 0 Å². The number of aromatic nitrogens is 2. The topological polar surface area (TPSA) is 46.1 Å². The zero-order valence-corrected chi connectivity index (χ0v) is 11.0. The number of amides is 1. The van der Waals surface area contributed by atoms with E-state index in [2.05, 4.69) is 9.97 Å². The van der Waals surface area contributed by atoms with Crippen LogP contribution in [0.2, 0.25) is 5.28 Å². The summed E-state index contributed by atoms with van der Waals surface area (Å²) in [5, 5.41) is 0.239. The highest BCUT2D eigenvalue weighted by molar-refractivity contribution is 6.28. The van der Waals surface area contributed by atoms with Gasteiger partial charge in [-0.3, -0.25) is 4.79 Å². The summed E-state index contributed by atoms with van der Waals surface area (Å²) in [6.07, 6.45) is 4.95. The molecule has 0 atom stereocenters. The number of hydrogen-bond donors (Lipinski definition) is 0. The molecule has 3 rings (SSSR count). The second-order valence-corrected chi connectivity index (χ2v) is 4.77. The average Bonchev–Trinajstić information content (AvgIpc) is 2.86. The fourth-order valence-corrected chi connectivity index (χ4v) is 2.31. The van der Waals surface area contributed by atoms with E-state index in [1.54, 1.807) is 12.4 Å². The molecule has 4 nitrogen and oxygen atoms in total. The summed E-state index contributed by atoms with van der Waals surface area (Å²) in [6, 6.07) is 7.83. The fourth-order valence-electron chi connectivity index (χ4n) is 2.22. The summed E-state index contributed by atoms with van der Waals surface area (Å²) in [6.45, 7) is 0.808. The second-order valence-electron chi connectivity index (χ2n) is 4.44. The molecule has 0 unspecified atom stereocenters. The van der Waals surface area contributed by atoms with Crippen molar-refractivity contribution in [3.8, 4) is 11.1 Å². The Bertz CT molecular complexity index is 595. The van der Waals surface area contributed by atoms with Crippen molar-refractivity contribution in [1.82, 2.24) is 9.97 Å². The van der Waals surface area contributed by atoms with Gasteiger partial charge in [-0.15, -0.1) is 0 Å². The minimum Gasteiger partial charge on any atom is -0.312 e. The molecule has 1 aliphatic rings. The highest BCUT2D eigenvalue weighted by atomic mass is 35.5. The molecule has 1 fully saturated rings. The van der Waals surface area contributed by atoms with Crippen LogP contribution in [0, 0.1) is 0 Å². The van der Waals surface area contributed by atoms with E-state index in [1.807, 2.05) is 29.2 Å². The van der Waals surface area contributed by atoms with E-state index in [1.165, 1.54) is 0 Å². The predicted octanol–water partition coefficient (Wildman–Crippen LogP) is 2.92. The summed E-state index contributed by atoms with van der Waals surface area (Å²) >= 11 is 5.66. The molecule has 5 heteroatoms. The van der Waals surface area contributed by atoms with Crippen LogP contribution in [0.3, 0.4) is 0 Å². The molecular formula is C14H12ClN3O. The lowest BCUT2D eigenvalue weighted by molar-refractivity contribution is -0.117. The van der Waals surface area contributed by atoms with E-state index in [4.69, 9.17) is 11.6 Å². The van der Waals surface area contributed by atoms with Crippen molar-refractivity contribution in [3.63, 3.8) is 0 Å². The fraction of sp³-hybridized carbons (Fsp3) is 0.214. The van der Waals surface area contributed by atoms with Crippen LogP contribution in [0.15, 0.2) is 36.7 Å². The van der Waals surface area contributed by atoms with Crippen molar-refractivity contribution in [1.29, 1.82) is 0 Å². The van der Waals surface area contributed by atoms with Crippen molar-refractivity contribution < 1.29 is 4.79 Å². The van der Waals surface area contributed by atoms with Gasteiger partial charge in [0, 0.05) is 36.6 Å². The van der Waals surface area contributed by atoms with Crippen LogP contribution in [0.5, 0.6) is 0 Å². The Hall–Kier alpha value is -1.94. The number of anilines is 1. The van der Waals surface area contributed by atoms with E-state index in [-0.39, 0.29) is 11.2 Å². The first kappa shape index (κ1) is 12.1. The molecule has 1 aromatic heterocycles. The predicted molar refractivity (Wildman–Crippen MR) is 74.1 cm³/mol. The number of hydrogen-bond acceptors (Lipinski definition) is 3. The highest BCUT2D eigenvalue weighted by Crippen LogP contribution is 2.25. The molecule has 0 N–H and O–H groups in total. The minimum atomic E-state index is 0.197. The Labute approximate surface area is 116 Å². The third-order valence-corrected chi connectivity index (χ3v) is 3.40. The van der Waals surface area contributed by atoms with Gasteiger partial charge in [-0.05, 0) is 35.7 Å².